The van der Waals surface area contributed by atoms with Crippen molar-refractivity contribution in [3.63, 3.8) is 0 Å². The van der Waals surface area contributed by atoms with Crippen LogP contribution >= 0.6 is 49.9 Å². The number of carbonyl (C=O) groups is 1. The van der Waals surface area contributed by atoms with E-state index in [0.717, 1.165) is 47.6 Å². The van der Waals surface area contributed by atoms with E-state index < -0.39 is 0 Å². The summed E-state index contributed by atoms with van der Waals surface area (Å²) in [6.45, 7) is 2.02. The van der Waals surface area contributed by atoms with Crippen molar-refractivity contribution < 1.29 is 4.79 Å². The third-order valence-corrected chi connectivity index (χ3v) is 8.08. The average Bonchev–Trinajstić information content (AvgIpc) is 3.00. The van der Waals surface area contributed by atoms with Crippen LogP contribution in [0.15, 0.2) is 57.5 Å². The molecule has 2 heterocycles. The Morgan fingerprint density at radius 1 is 1.32 bits per heavy atom. The van der Waals surface area contributed by atoms with Crippen molar-refractivity contribution >= 4 is 61.3 Å². The lowest BCUT2D eigenvalue weighted by Gasteiger charge is -2.39. The van der Waals surface area contributed by atoms with Crippen LogP contribution < -0.4 is 10.6 Å². The van der Waals surface area contributed by atoms with Crippen molar-refractivity contribution in [1.82, 2.24) is 0 Å². The molecule has 1 aliphatic carbocycles. The molecule has 1 unspecified atom stereocenters. The Bertz CT molecular complexity index is 1060. The van der Waals surface area contributed by atoms with Gasteiger partial charge in [0, 0.05) is 41.2 Å². The van der Waals surface area contributed by atoms with Gasteiger partial charge in [-0.3, -0.25) is 9.69 Å². The zero-order chi connectivity index (χ0) is 20.0. The first kappa shape index (κ1) is 19.7. The molecule has 0 spiro atoms. The zero-order valence-electron chi connectivity index (χ0n) is 15.1. The third kappa shape index (κ3) is 3.21. The molecule has 1 atom stereocenters. The van der Waals surface area contributed by atoms with Gasteiger partial charge in [-0.05, 0) is 88.6 Å². The number of hydrogen-bond acceptors (Lipinski definition) is 5. The van der Waals surface area contributed by atoms with Gasteiger partial charge in [-0.25, -0.2) is 0 Å². The molecule has 0 fully saturated rings. The van der Waals surface area contributed by atoms with E-state index in [-0.39, 0.29) is 11.7 Å². The molecule has 1 aromatic carbocycles. The minimum Gasteiger partial charge on any atom is -0.384 e. The lowest BCUT2D eigenvalue weighted by Crippen LogP contribution is -2.38. The van der Waals surface area contributed by atoms with Gasteiger partial charge in [0.2, 0.25) is 0 Å². The number of rotatable bonds is 2. The molecule has 142 valence electrons. The number of nitrogens with two attached hydrogens (primary N) is 1. The second kappa shape index (κ2) is 7.65. The largest absolute Gasteiger partial charge is 0.384 e. The van der Waals surface area contributed by atoms with Crippen LogP contribution in [0, 0.1) is 21.8 Å². The van der Waals surface area contributed by atoms with Gasteiger partial charge in [-0.15, -0.1) is 11.3 Å². The Morgan fingerprint density at radius 2 is 2.04 bits per heavy atom. The number of carbonyl (C=O) groups excluding carboxylic acids is 1. The molecule has 1 aromatic heterocycles. The minimum atomic E-state index is -0.386. The van der Waals surface area contributed by atoms with Crippen LogP contribution in [-0.4, -0.2) is 5.78 Å². The Hall–Kier alpha value is -1.63. The lowest BCUT2D eigenvalue weighted by atomic mass is 9.78. The number of anilines is 1. The van der Waals surface area contributed by atoms with E-state index in [1.807, 2.05) is 42.2 Å². The van der Waals surface area contributed by atoms with Crippen molar-refractivity contribution in [3.05, 3.63) is 70.8 Å². The van der Waals surface area contributed by atoms with Crippen molar-refractivity contribution in [2.75, 3.05) is 4.90 Å². The highest BCUT2D eigenvalue weighted by molar-refractivity contribution is 14.1. The monoisotopic (exact) mass is 565 g/mol. The number of Topliss-reactive ketones (excluding diaryl/α,β-unsaturated/α-hetero) is 1. The summed E-state index contributed by atoms with van der Waals surface area (Å²) >= 11 is 7.43. The Kier molecular flexibility index (Phi) is 5.38. The van der Waals surface area contributed by atoms with E-state index >= 15 is 0 Å². The highest BCUT2D eigenvalue weighted by Gasteiger charge is 2.41. The molecule has 0 saturated heterocycles. The van der Waals surface area contributed by atoms with Gasteiger partial charge >= 0.3 is 0 Å². The van der Waals surface area contributed by atoms with Gasteiger partial charge in [0.1, 0.15) is 5.82 Å². The van der Waals surface area contributed by atoms with Crippen LogP contribution in [0.2, 0.25) is 0 Å². The van der Waals surface area contributed by atoms with E-state index in [4.69, 9.17) is 5.73 Å². The Balaban J connectivity index is 1.96. The predicted molar refractivity (Wildman–Crippen MR) is 124 cm³/mol. The number of benzene rings is 1. The van der Waals surface area contributed by atoms with Crippen molar-refractivity contribution in [1.29, 1.82) is 5.26 Å². The fraction of sp³-hybridized carbons (Fsp3) is 0.238. The van der Waals surface area contributed by atoms with Gasteiger partial charge in [0.05, 0.1) is 17.6 Å². The second-order valence-corrected chi connectivity index (χ2v) is 10.2. The average molecular weight is 566 g/mol. The normalized spacial score (nSPS) is 19.7. The van der Waals surface area contributed by atoms with Crippen LogP contribution in [-0.2, 0) is 4.79 Å². The summed E-state index contributed by atoms with van der Waals surface area (Å²) in [4.78, 5) is 17.0. The molecule has 4 rings (SSSR count). The highest BCUT2D eigenvalue weighted by atomic mass is 127. The van der Waals surface area contributed by atoms with E-state index in [0.29, 0.717) is 17.8 Å². The quantitative estimate of drug-likeness (QED) is 0.472. The summed E-state index contributed by atoms with van der Waals surface area (Å²) in [5.41, 5.74) is 9.55. The number of nitriles is 1. The maximum Gasteiger partial charge on any atom is 0.161 e. The van der Waals surface area contributed by atoms with E-state index in [1.165, 1.54) is 0 Å². The number of allylic oxidation sites excluding steroid dienone is 3. The second-order valence-electron chi connectivity index (χ2n) is 6.85. The molecule has 2 aromatic rings. The van der Waals surface area contributed by atoms with Crippen molar-refractivity contribution in [3.8, 4) is 6.07 Å². The first-order valence-corrected chi connectivity index (χ1v) is 11.6. The van der Waals surface area contributed by atoms with Crippen LogP contribution in [0.5, 0.6) is 0 Å². The maximum absolute atomic E-state index is 13.0. The maximum atomic E-state index is 13.0. The van der Waals surface area contributed by atoms with Gasteiger partial charge in [0.15, 0.2) is 5.78 Å². The molecule has 4 nitrogen and oxygen atoms in total. The van der Waals surface area contributed by atoms with Gasteiger partial charge in [-0.2, -0.15) is 5.26 Å². The van der Waals surface area contributed by atoms with E-state index in [2.05, 4.69) is 44.6 Å². The fourth-order valence-electron chi connectivity index (χ4n) is 3.88. The van der Waals surface area contributed by atoms with Crippen LogP contribution in [0.4, 0.5) is 5.69 Å². The summed E-state index contributed by atoms with van der Waals surface area (Å²) in [6.07, 6.45) is 2.09. The number of aryl methyl sites for hydroxylation is 1. The molecule has 2 N–H and O–H groups in total. The third-order valence-electron chi connectivity index (χ3n) is 5.16. The Labute approximate surface area is 190 Å². The molecule has 2 aliphatic rings. The number of ketones is 1. The van der Waals surface area contributed by atoms with E-state index in [1.54, 1.807) is 11.3 Å². The van der Waals surface area contributed by atoms with Gasteiger partial charge < -0.3 is 5.73 Å². The number of nitrogens with zero attached hydrogens (tertiary/aromatic N) is 2. The Morgan fingerprint density at radius 3 is 2.64 bits per heavy atom. The molecule has 7 heteroatoms. The summed E-state index contributed by atoms with van der Waals surface area (Å²) in [6, 6.07) is 12.3. The molecule has 28 heavy (non-hydrogen) atoms. The first-order chi connectivity index (χ1) is 13.4. The summed E-state index contributed by atoms with van der Waals surface area (Å²) in [5, 5.41) is 10.00. The number of hydrogen-bond donors (Lipinski definition) is 1. The standard InChI is InChI=1S/C21H17BrIN3OS/c1-11-15(22)9-18(28-11)19-14(10-24)21(25)26(13-7-5-12(23)6-8-13)16-3-2-4-17(27)20(16)19/h5-9,19H,2-4,25H2,1H3. The number of halogens is 2. The van der Waals surface area contributed by atoms with Gasteiger partial charge in [0.25, 0.3) is 0 Å². The molecule has 0 radical (unpaired) electrons. The molecule has 0 amide bonds. The van der Waals surface area contributed by atoms with E-state index in [9.17, 15) is 10.1 Å². The first-order valence-electron chi connectivity index (χ1n) is 8.90. The molecule has 0 saturated carbocycles. The smallest absolute Gasteiger partial charge is 0.161 e. The van der Waals surface area contributed by atoms with Crippen LogP contribution in [0.3, 0.4) is 0 Å². The predicted octanol–water partition coefficient (Wildman–Crippen LogP) is 5.73. The van der Waals surface area contributed by atoms with Crippen LogP contribution in [0.25, 0.3) is 0 Å². The van der Waals surface area contributed by atoms with Crippen molar-refractivity contribution in [2.45, 2.75) is 32.1 Å². The van der Waals surface area contributed by atoms with Gasteiger partial charge in [-0.1, -0.05) is 0 Å². The lowest BCUT2D eigenvalue weighted by molar-refractivity contribution is -0.116. The van der Waals surface area contributed by atoms with Crippen molar-refractivity contribution in [2.24, 2.45) is 5.73 Å². The fourth-order valence-corrected chi connectivity index (χ4v) is 5.92. The zero-order valence-corrected chi connectivity index (χ0v) is 19.7. The topological polar surface area (TPSA) is 70.1 Å². The minimum absolute atomic E-state index is 0.115. The summed E-state index contributed by atoms with van der Waals surface area (Å²) < 4.78 is 2.11. The number of thiophene rings is 1. The molecular formula is C21H17BrIN3OS. The summed E-state index contributed by atoms with van der Waals surface area (Å²) in [7, 11) is 0. The SMILES string of the molecule is Cc1sc(C2C(C#N)=C(N)N(c3ccc(I)cc3)C3=C2C(=O)CCC3)cc1Br. The van der Waals surface area contributed by atoms with Crippen LogP contribution in [0.1, 0.15) is 34.9 Å². The highest BCUT2D eigenvalue weighted by Crippen LogP contribution is 2.48. The summed E-state index contributed by atoms with van der Waals surface area (Å²) in [5.74, 6) is 0.149. The molecule has 0 bridgehead atoms. The molecule has 1 aliphatic heterocycles. The molecular weight excluding hydrogens is 549 g/mol.